The van der Waals surface area contributed by atoms with E-state index >= 15 is 0 Å². The summed E-state index contributed by atoms with van der Waals surface area (Å²) in [4.78, 5) is 26.3. The molecule has 2 aromatic carbocycles. The summed E-state index contributed by atoms with van der Waals surface area (Å²) in [7, 11) is 0. The summed E-state index contributed by atoms with van der Waals surface area (Å²) in [5.74, 6) is -2.24. The van der Waals surface area contributed by atoms with Crippen LogP contribution in [0.1, 0.15) is 34.3 Å². The third-order valence-electron chi connectivity index (χ3n) is 4.86. The van der Waals surface area contributed by atoms with Gasteiger partial charge in [-0.2, -0.15) is 0 Å². The van der Waals surface area contributed by atoms with Crippen LogP contribution in [0.25, 0.3) is 0 Å². The van der Waals surface area contributed by atoms with Crippen LogP contribution < -0.4 is 5.32 Å². The molecule has 0 saturated carbocycles. The molecular weight excluding hydrogens is 350 g/mol. The summed E-state index contributed by atoms with van der Waals surface area (Å²) in [6, 6.07) is 10.9. The number of halogens is 2. The first-order valence-corrected chi connectivity index (χ1v) is 9.01. The molecule has 2 amide bonds. The van der Waals surface area contributed by atoms with Gasteiger partial charge in [0, 0.05) is 31.6 Å². The molecule has 1 saturated heterocycles. The average molecular weight is 372 g/mol. The van der Waals surface area contributed by atoms with E-state index in [1.165, 1.54) is 4.90 Å². The van der Waals surface area contributed by atoms with E-state index in [0.29, 0.717) is 38.5 Å². The van der Waals surface area contributed by atoms with Crippen molar-refractivity contribution < 1.29 is 18.4 Å². The minimum atomic E-state index is -0.863. The number of nitrogens with one attached hydrogen (secondary N) is 1. The van der Waals surface area contributed by atoms with Gasteiger partial charge in [-0.1, -0.05) is 29.8 Å². The van der Waals surface area contributed by atoms with Gasteiger partial charge in [-0.25, -0.2) is 8.78 Å². The number of carbonyl (C=O) groups is 2. The first-order valence-electron chi connectivity index (χ1n) is 9.01. The maximum Gasteiger partial charge on any atom is 0.256 e. The third-order valence-corrected chi connectivity index (χ3v) is 4.86. The van der Waals surface area contributed by atoms with Crippen LogP contribution in [0.5, 0.6) is 0 Å². The molecule has 0 unspecified atom stereocenters. The molecule has 1 aliphatic rings. The SMILES string of the molecule is Cc1cccc(CNC(=O)C2CCN(C(=O)c3ccc(F)cc3F)CC2)c1. The van der Waals surface area contributed by atoms with Crippen molar-refractivity contribution >= 4 is 11.8 Å². The lowest BCUT2D eigenvalue weighted by molar-refractivity contribution is -0.126. The minimum Gasteiger partial charge on any atom is -0.352 e. The van der Waals surface area contributed by atoms with E-state index in [2.05, 4.69) is 5.32 Å². The predicted molar refractivity (Wildman–Crippen MR) is 98.0 cm³/mol. The lowest BCUT2D eigenvalue weighted by Crippen LogP contribution is -2.43. The van der Waals surface area contributed by atoms with Gasteiger partial charge >= 0.3 is 0 Å². The molecule has 0 spiro atoms. The largest absolute Gasteiger partial charge is 0.352 e. The van der Waals surface area contributed by atoms with Crippen molar-refractivity contribution in [1.82, 2.24) is 10.2 Å². The monoisotopic (exact) mass is 372 g/mol. The Morgan fingerprint density at radius 2 is 1.85 bits per heavy atom. The Bertz CT molecular complexity index is 846. The molecule has 0 bridgehead atoms. The van der Waals surface area contributed by atoms with E-state index < -0.39 is 17.5 Å². The number of aryl methyl sites for hydroxylation is 1. The molecule has 0 atom stereocenters. The number of amides is 2. The van der Waals surface area contributed by atoms with Crippen molar-refractivity contribution in [1.29, 1.82) is 0 Å². The van der Waals surface area contributed by atoms with Gasteiger partial charge in [0.15, 0.2) is 0 Å². The highest BCUT2D eigenvalue weighted by atomic mass is 19.1. The minimum absolute atomic E-state index is 0.0310. The number of benzene rings is 2. The van der Waals surface area contributed by atoms with E-state index in [0.717, 1.165) is 23.3 Å². The molecule has 3 rings (SSSR count). The van der Waals surface area contributed by atoms with E-state index in [4.69, 9.17) is 0 Å². The van der Waals surface area contributed by atoms with Gasteiger partial charge in [0.1, 0.15) is 11.6 Å². The van der Waals surface area contributed by atoms with Crippen LogP contribution in [0.15, 0.2) is 42.5 Å². The molecule has 1 aliphatic heterocycles. The molecule has 1 fully saturated rings. The summed E-state index contributed by atoms with van der Waals surface area (Å²) < 4.78 is 26.8. The molecule has 1 heterocycles. The summed E-state index contributed by atoms with van der Waals surface area (Å²) in [6.45, 7) is 3.22. The maximum atomic E-state index is 13.8. The molecule has 0 radical (unpaired) electrons. The van der Waals surface area contributed by atoms with E-state index in [-0.39, 0.29) is 17.4 Å². The van der Waals surface area contributed by atoms with E-state index in [1.807, 2.05) is 31.2 Å². The lowest BCUT2D eigenvalue weighted by Gasteiger charge is -2.31. The fourth-order valence-corrected chi connectivity index (χ4v) is 3.33. The molecule has 0 aliphatic carbocycles. The molecule has 1 N–H and O–H groups in total. The lowest BCUT2D eigenvalue weighted by atomic mass is 9.95. The van der Waals surface area contributed by atoms with Gasteiger partial charge in [-0.15, -0.1) is 0 Å². The smallest absolute Gasteiger partial charge is 0.256 e. The Labute approximate surface area is 157 Å². The molecule has 2 aromatic rings. The second-order valence-corrected chi connectivity index (χ2v) is 6.90. The quantitative estimate of drug-likeness (QED) is 0.894. The summed E-state index contributed by atoms with van der Waals surface area (Å²) >= 11 is 0. The molecule has 27 heavy (non-hydrogen) atoms. The number of hydrogen-bond donors (Lipinski definition) is 1. The Morgan fingerprint density at radius 1 is 1.11 bits per heavy atom. The van der Waals surface area contributed by atoms with Gasteiger partial charge in [0.05, 0.1) is 5.56 Å². The first kappa shape index (κ1) is 19.0. The molecule has 142 valence electrons. The fourth-order valence-electron chi connectivity index (χ4n) is 3.33. The number of piperidine rings is 1. The van der Waals surface area contributed by atoms with Gasteiger partial charge < -0.3 is 10.2 Å². The number of rotatable bonds is 4. The number of nitrogens with zero attached hydrogens (tertiary/aromatic N) is 1. The van der Waals surface area contributed by atoms with Crippen molar-refractivity contribution in [2.24, 2.45) is 5.92 Å². The standard InChI is InChI=1S/C21H22F2N2O2/c1-14-3-2-4-15(11-14)13-24-20(26)16-7-9-25(10-8-16)21(27)18-6-5-17(22)12-19(18)23/h2-6,11-12,16H,7-10,13H2,1H3,(H,24,26). The van der Waals surface area contributed by atoms with Crippen molar-refractivity contribution in [3.8, 4) is 0 Å². The van der Waals surface area contributed by atoms with Crippen molar-refractivity contribution in [2.45, 2.75) is 26.3 Å². The third kappa shape index (κ3) is 4.70. The van der Waals surface area contributed by atoms with E-state index in [9.17, 15) is 18.4 Å². The zero-order chi connectivity index (χ0) is 19.4. The van der Waals surface area contributed by atoms with Crippen LogP contribution in [0.3, 0.4) is 0 Å². The average Bonchev–Trinajstić information content (AvgIpc) is 2.66. The molecule has 4 nitrogen and oxygen atoms in total. The van der Waals surface area contributed by atoms with Crippen molar-refractivity contribution in [2.75, 3.05) is 13.1 Å². The Kier molecular flexibility index (Phi) is 5.84. The van der Waals surface area contributed by atoms with Gasteiger partial charge in [0.25, 0.3) is 5.91 Å². The highest BCUT2D eigenvalue weighted by Gasteiger charge is 2.28. The topological polar surface area (TPSA) is 49.4 Å². The molecule has 0 aromatic heterocycles. The fraction of sp³-hybridized carbons (Fsp3) is 0.333. The Morgan fingerprint density at radius 3 is 2.52 bits per heavy atom. The highest BCUT2D eigenvalue weighted by molar-refractivity contribution is 5.94. The number of hydrogen-bond acceptors (Lipinski definition) is 2. The predicted octanol–water partition coefficient (Wildman–Crippen LogP) is 3.44. The highest BCUT2D eigenvalue weighted by Crippen LogP contribution is 2.21. The second-order valence-electron chi connectivity index (χ2n) is 6.90. The van der Waals surface area contributed by atoms with Gasteiger partial charge in [0.2, 0.25) is 5.91 Å². The van der Waals surface area contributed by atoms with Crippen LogP contribution >= 0.6 is 0 Å². The van der Waals surface area contributed by atoms with Crippen molar-refractivity contribution in [3.05, 3.63) is 70.8 Å². The van der Waals surface area contributed by atoms with Crippen LogP contribution in [-0.4, -0.2) is 29.8 Å². The van der Waals surface area contributed by atoms with Crippen LogP contribution in [0.4, 0.5) is 8.78 Å². The number of likely N-dealkylation sites (tertiary alicyclic amines) is 1. The van der Waals surface area contributed by atoms with Crippen molar-refractivity contribution in [3.63, 3.8) is 0 Å². The Balaban J connectivity index is 1.52. The molecular formula is C21H22F2N2O2. The summed E-state index contributed by atoms with van der Waals surface area (Å²) in [6.07, 6.45) is 1.04. The normalized spacial score (nSPS) is 14.9. The summed E-state index contributed by atoms with van der Waals surface area (Å²) in [5, 5.41) is 2.94. The maximum absolute atomic E-state index is 13.8. The molecule has 6 heteroatoms. The van der Waals surface area contributed by atoms with Crippen LogP contribution in [0, 0.1) is 24.5 Å². The van der Waals surface area contributed by atoms with Gasteiger partial charge in [-0.3, -0.25) is 9.59 Å². The Hall–Kier alpha value is -2.76. The summed E-state index contributed by atoms with van der Waals surface area (Å²) in [5.41, 5.74) is 2.04. The first-order chi connectivity index (χ1) is 12.9. The number of carbonyl (C=O) groups excluding carboxylic acids is 2. The van der Waals surface area contributed by atoms with Crippen LogP contribution in [0.2, 0.25) is 0 Å². The zero-order valence-corrected chi connectivity index (χ0v) is 15.2. The van der Waals surface area contributed by atoms with Crippen LogP contribution in [-0.2, 0) is 11.3 Å². The zero-order valence-electron chi connectivity index (χ0n) is 15.2. The second kappa shape index (κ2) is 8.29. The van der Waals surface area contributed by atoms with E-state index in [1.54, 1.807) is 0 Å². The van der Waals surface area contributed by atoms with Gasteiger partial charge in [-0.05, 0) is 37.5 Å².